The van der Waals surface area contributed by atoms with E-state index >= 15 is 0 Å². The molecule has 8 atom stereocenters. The third kappa shape index (κ3) is 11.5. The van der Waals surface area contributed by atoms with Gasteiger partial charge >= 0.3 is 5.97 Å². The van der Waals surface area contributed by atoms with Crippen LogP contribution in [0.15, 0.2) is 11.6 Å². The molecule has 0 radical (unpaired) electrons. The maximum atomic E-state index is 12.7. The molecule has 9 heteroatoms. The fourth-order valence-corrected chi connectivity index (χ4v) is 10.4. The number of alkyl halides is 1. The van der Waals surface area contributed by atoms with Crippen LogP contribution in [0, 0.1) is 46.3 Å². The number of fused-ring (bicyclic) bond motifs is 5. The van der Waals surface area contributed by atoms with Crippen LogP contribution in [0.5, 0.6) is 0 Å². The minimum Gasteiger partial charge on any atom is -0.462 e. The molecule has 4 aliphatic rings. The SMILES string of the molecule is CC(C)CCC[C@@H](C)[C@H]1CC[C@H]2[C@@H]3CC=C4CC(OC(=O)CCOCCOCCOCCOCCNC(=O)CBr)CC[C@]4(C)[C@H]3CC[C@]12C. The van der Waals surface area contributed by atoms with Gasteiger partial charge in [0.15, 0.2) is 0 Å². The summed E-state index contributed by atoms with van der Waals surface area (Å²) in [6.45, 7) is 16.6. The van der Waals surface area contributed by atoms with Crippen LogP contribution in [0.1, 0.15) is 112 Å². The number of esters is 1. The van der Waals surface area contributed by atoms with E-state index in [0.29, 0.717) is 70.1 Å². The Bertz CT molecular complexity index is 1050. The highest BCUT2D eigenvalue weighted by molar-refractivity contribution is 9.09. The largest absolute Gasteiger partial charge is 0.462 e. The first-order valence-corrected chi connectivity index (χ1v) is 20.7. The lowest BCUT2D eigenvalue weighted by molar-refractivity contribution is -0.152. The molecule has 0 heterocycles. The lowest BCUT2D eigenvalue weighted by atomic mass is 9.47. The van der Waals surface area contributed by atoms with Gasteiger partial charge in [0.25, 0.3) is 0 Å². The maximum Gasteiger partial charge on any atom is 0.308 e. The zero-order valence-electron chi connectivity index (χ0n) is 31.4. The number of carbonyl (C=O) groups excluding carboxylic acids is 2. The Kier molecular flexibility index (Phi) is 16.9. The van der Waals surface area contributed by atoms with Gasteiger partial charge in [0.05, 0.1) is 64.6 Å². The Labute approximate surface area is 306 Å². The van der Waals surface area contributed by atoms with Crippen LogP contribution in [-0.2, 0) is 33.3 Å². The molecule has 0 aliphatic heterocycles. The average Bonchev–Trinajstić information content (AvgIpc) is 3.43. The van der Waals surface area contributed by atoms with E-state index in [1.807, 2.05) is 0 Å². The van der Waals surface area contributed by atoms with Crippen LogP contribution in [-0.4, -0.2) is 82.7 Å². The number of carbonyl (C=O) groups is 2. The minimum absolute atomic E-state index is 0.00592. The van der Waals surface area contributed by atoms with Crippen LogP contribution in [0.3, 0.4) is 0 Å². The smallest absolute Gasteiger partial charge is 0.308 e. The summed E-state index contributed by atoms with van der Waals surface area (Å²) in [6, 6.07) is 0. The molecule has 282 valence electrons. The van der Waals surface area contributed by atoms with Crippen molar-refractivity contribution in [3.8, 4) is 0 Å². The van der Waals surface area contributed by atoms with E-state index in [0.717, 1.165) is 54.8 Å². The average molecular weight is 755 g/mol. The topological polar surface area (TPSA) is 92.3 Å². The van der Waals surface area contributed by atoms with Crippen LogP contribution in [0.25, 0.3) is 0 Å². The molecule has 1 unspecified atom stereocenters. The van der Waals surface area contributed by atoms with Gasteiger partial charge in [0, 0.05) is 13.0 Å². The molecule has 3 fully saturated rings. The Morgan fingerprint density at radius 1 is 0.857 bits per heavy atom. The number of ether oxygens (including phenoxy) is 5. The fraction of sp³-hybridized carbons (Fsp3) is 0.900. The summed E-state index contributed by atoms with van der Waals surface area (Å²) < 4.78 is 28.0. The zero-order valence-corrected chi connectivity index (χ0v) is 33.0. The number of hydrogen-bond acceptors (Lipinski definition) is 7. The lowest BCUT2D eigenvalue weighted by Crippen LogP contribution is -2.51. The molecular formula is C40H68BrNO7. The summed E-state index contributed by atoms with van der Waals surface area (Å²) in [5, 5.41) is 3.02. The van der Waals surface area contributed by atoms with Gasteiger partial charge in [0.2, 0.25) is 5.91 Å². The third-order valence-corrected chi connectivity index (χ3v) is 13.3. The first-order valence-electron chi connectivity index (χ1n) is 19.6. The highest BCUT2D eigenvalue weighted by Crippen LogP contribution is 2.67. The van der Waals surface area contributed by atoms with Gasteiger partial charge in [-0.15, -0.1) is 0 Å². The lowest BCUT2D eigenvalue weighted by Gasteiger charge is -2.58. The quantitative estimate of drug-likeness (QED) is 0.0520. The maximum absolute atomic E-state index is 12.7. The molecule has 1 amide bonds. The van der Waals surface area contributed by atoms with E-state index in [-0.39, 0.29) is 29.8 Å². The van der Waals surface area contributed by atoms with E-state index in [2.05, 4.69) is 61.9 Å². The molecule has 4 rings (SSSR count). The Balaban J connectivity index is 1.07. The van der Waals surface area contributed by atoms with Crippen molar-refractivity contribution >= 4 is 27.8 Å². The summed E-state index contributed by atoms with van der Waals surface area (Å²) in [5.41, 5.74) is 2.35. The third-order valence-electron chi connectivity index (χ3n) is 12.8. The second-order valence-corrected chi connectivity index (χ2v) is 16.9. The summed E-state index contributed by atoms with van der Waals surface area (Å²) >= 11 is 3.10. The van der Waals surface area contributed by atoms with Crippen molar-refractivity contribution in [3.05, 3.63) is 11.6 Å². The Hall–Kier alpha value is -1.00. The van der Waals surface area contributed by atoms with E-state index in [9.17, 15) is 9.59 Å². The fourth-order valence-electron chi connectivity index (χ4n) is 10.2. The van der Waals surface area contributed by atoms with Crippen molar-refractivity contribution in [2.75, 3.05) is 64.7 Å². The van der Waals surface area contributed by atoms with Crippen molar-refractivity contribution in [1.29, 1.82) is 0 Å². The van der Waals surface area contributed by atoms with Crippen molar-refractivity contribution in [3.63, 3.8) is 0 Å². The number of hydrogen-bond donors (Lipinski definition) is 1. The second-order valence-electron chi connectivity index (χ2n) is 16.3. The van der Waals surface area contributed by atoms with Gasteiger partial charge < -0.3 is 29.0 Å². The zero-order chi connectivity index (χ0) is 35.3. The van der Waals surface area contributed by atoms with Gasteiger partial charge in [-0.2, -0.15) is 0 Å². The molecule has 0 aromatic heterocycles. The highest BCUT2D eigenvalue weighted by atomic mass is 79.9. The molecule has 0 saturated heterocycles. The van der Waals surface area contributed by atoms with Crippen LogP contribution in [0.4, 0.5) is 0 Å². The number of amides is 1. The number of halogens is 1. The van der Waals surface area contributed by atoms with Crippen molar-refractivity contribution in [1.82, 2.24) is 5.32 Å². The van der Waals surface area contributed by atoms with E-state index in [4.69, 9.17) is 23.7 Å². The van der Waals surface area contributed by atoms with E-state index < -0.39 is 0 Å². The van der Waals surface area contributed by atoms with E-state index in [1.165, 1.54) is 51.4 Å². The van der Waals surface area contributed by atoms with Crippen LogP contribution >= 0.6 is 15.9 Å². The Morgan fingerprint density at radius 3 is 2.20 bits per heavy atom. The van der Waals surface area contributed by atoms with Gasteiger partial charge in [-0.1, -0.05) is 81.5 Å². The standard InChI is InChI=1S/C40H68BrNO7/c1-29(2)7-6-8-30(3)34-11-12-35-33-10-9-31-27-32(13-16-39(31,4)36(33)14-17-40(34,35)5)49-38(44)15-19-45-21-23-47-25-26-48-24-22-46-20-18-42-37(43)28-41/h9,29-30,32-36H,6-8,10-28H2,1-5H3,(H,42,43)/t30-,32?,33+,34-,35+,36+,39+,40-/m1/s1. The normalized spacial score (nSPS) is 31.4. The summed E-state index contributed by atoms with van der Waals surface area (Å²) in [4.78, 5) is 23.8. The second kappa shape index (κ2) is 20.3. The predicted molar refractivity (Wildman–Crippen MR) is 198 cm³/mol. The predicted octanol–water partition coefficient (Wildman–Crippen LogP) is 7.91. The summed E-state index contributed by atoms with van der Waals surface area (Å²) in [7, 11) is 0. The minimum atomic E-state index is -0.155. The monoisotopic (exact) mass is 753 g/mol. The van der Waals surface area contributed by atoms with E-state index in [1.54, 1.807) is 5.57 Å². The molecule has 4 aliphatic carbocycles. The number of rotatable bonds is 22. The summed E-state index contributed by atoms with van der Waals surface area (Å²) in [5.74, 6) is 4.83. The molecule has 3 saturated carbocycles. The highest BCUT2D eigenvalue weighted by Gasteiger charge is 2.59. The molecular weight excluding hydrogens is 686 g/mol. The van der Waals surface area contributed by atoms with Gasteiger partial charge in [-0.05, 0) is 91.3 Å². The van der Waals surface area contributed by atoms with Gasteiger partial charge in [-0.3, -0.25) is 9.59 Å². The van der Waals surface area contributed by atoms with Crippen molar-refractivity contribution < 1.29 is 33.3 Å². The molecule has 0 aromatic carbocycles. The molecule has 8 nitrogen and oxygen atoms in total. The molecule has 0 aromatic rings. The van der Waals surface area contributed by atoms with Gasteiger partial charge in [0.1, 0.15) is 6.10 Å². The van der Waals surface area contributed by atoms with Crippen molar-refractivity contribution in [2.45, 2.75) is 118 Å². The molecule has 0 spiro atoms. The number of nitrogens with one attached hydrogen (secondary N) is 1. The van der Waals surface area contributed by atoms with Crippen molar-refractivity contribution in [2.24, 2.45) is 46.3 Å². The molecule has 1 N–H and O–H groups in total. The first-order chi connectivity index (χ1) is 23.6. The first kappa shape index (κ1) is 40.8. The van der Waals surface area contributed by atoms with Crippen LogP contribution in [0.2, 0.25) is 0 Å². The van der Waals surface area contributed by atoms with Crippen LogP contribution < -0.4 is 5.32 Å². The summed E-state index contributed by atoms with van der Waals surface area (Å²) in [6.07, 6.45) is 16.9. The molecule has 49 heavy (non-hydrogen) atoms. The molecule has 0 bridgehead atoms. The number of allylic oxidation sites excluding steroid dienone is 1. The van der Waals surface area contributed by atoms with Gasteiger partial charge in [-0.25, -0.2) is 0 Å². The Morgan fingerprint density at radius 2 is 1.53 bits per heavy atom.